The number of hydrogen-bond acceptors (Lipinski definition) is 2. The van der Waals surface area contributed by atoms with Crippen LogP contribution in [0.1, 0.15) is 47.1 Å². The number of rotatable bonds is 6. The molecule has 0 radical (unpaired) electrons. The highest BCUT2D eigenvalue weighted by Gasteiger charge is 2.33. The third-order valence-electron chi connectivity index (χ3n) is 6.66. The molecule has 0 atom stereocenters. The summed E-state index contributed by atoms with van der Waals surface area (Å²) in [6.07, 6.45) is 6.41. The molecule has 1 saturated carbocycles. The van der Waals surface area contributed by atoms with Gasteiger partial charge in [-0.25, -0.2) is 9.78 Å². The molecule has 1 aliphatic carbocycles. The summed E-state index contributed by atoms with van der Waals surface area (Å²) >= 11 is 6.53. The minimum atomic E-state index is -4.49. The summed E-state index contributed by atoms with van der Waals surface area (Å²) in [6, 6.07) is 14.8. The van der Waals surface area contributed by atoms with Crippen molar-refractivity contribution in [1.82, 2.24) is 9.38 Å². The zero-order valence-corrected chi connectivity index (χ0v) is 20.3. The second kappa shape index (κ2) is 9.90. The predicted molar refractivity (Wildman–Crippen MR) is 138 cm³/mol. The summed E-state index contributed by atoms with van der Waals surface area (Å²) in [5, 5.41) is 8.99. The molecule has 2 aromatic carbocycles. The molecule has 188 valence electrons. The molecule has 0 spiro atoms. The topological polar surface area (TPSA) is 54.6 Å². The second-order valence-electron chi connectivity index (χ2n) is 9.01. The first kappa shape index (κ1) is 24.8. The smallest absolute Gasteiger partial charge is 0.416 e. The minimum Gasteiger partial charge on any atom is -0.478 e. The van der Waals surface area contributed by atoms with Crippen molar-refractivity contribution in [3.8, 4) is 0 Å². The number of alkyl halides is 3. The Morgan fingerprint density at radius 1 is 1.05 bits per heavy atom. The number of aromatic nitrogens is 2. The predicted octanol–water partition coefficient (Wildman–Crippen LogP) is 7.86. The van der Waals surface area contributed by atoms with E-state index in [2.05, 4.69) is 4.98 Å². The van der Waals surface area contributed by atoms with Crippen molar-refractivity contribution in [3.63, 3.8) is 0 Å². The number of aliphatic carboxylic acids is 1. The Kier molecular flexibility index (Phi) is 6.65. The number of nitrogens with zero attached hydrogens (tertiary/aromatic N) is 2. The molecule has 0 saturated heterocycles. The SMILES string of the molecule is O=C(O)C=Cc1ccc(C(=C(c2ccc(C(F)(F)F)cc2Cl)C2CCC2)c2ccc3nccn3c2)cc1. The van der Waals surface area contributed by atoms with Crippen LogP contribution in [-0.2, 0) is 11.0 Å². The third kappa shape index (κ3) is 5.18. The van der Waals surface area contributed by atoms with Crippen molar-refractivity contribution >= 4 is 40.4 Å². The van der Waals surface area contributed by atoms with Gasteiger partial charge in [-0.1, -0.05) is 48.4 Å². The minimum absolute atomic E-state index is 0.0546. The average molecular weight is 523 g/mol. The molecule has 2 aromatic heterocycles. The van der Waals surface area contributed by atoms with Crippen LogP contribution in [0.2, 0.25) is 5.02 Å². The van der Waals surface area contributed by atoms with E-state index in [1.165, 1.54) is 12.1 Å². The Balaban J connectivity index is 1.74. The molecular weight excluding hydrogens is 501 g/mol. The number of hydrogen-bond donors (Lipinski definition) is 1. The first-order valence-electron chi connectivity index (χ1n) is 11.8. The zero-order valence-electron chi connectivity index (χ0n) is 19.5. The van der Waals surface area contributed by atoms with Gasteiger partial charge in [-0.15, -0.1) is 0 Å². The van der Waals surface area contributed by atoms with Gasteiger partial charge >= 0.3 is 12.1 Å². The molecule has 0 aliphatic heterocycles. The molecule has 0 bridgehead atoms. The van der Waals surface area contributed by atoms with Crippen molar-refractivity contribution in [2.75, 3.05) is 0 Å². The highest BCUT2D eigenvalue weighted by molar-refractivity contribution is 6.33. The van der Waals surface area contributed by atoms with E-state index >= 15 is 0 Å². The van der Waals surface area contributed by atoms with Crippen molar-refractivity contribution in [1.29, 1.82) is 0 Å². The van der Waals surface area contributed by atoms with E-state index in [0.29, 0.717) is 11.1 Å². The van der Waals surface area contributed by atoms with Gasteiger partial charge < -0.3 is 9.51 Å². The van der Waals surface area contributed by atoms with Crippen molar-refractivity contribution in [2.24, 2.45) is 5.92 Å². The average Bonchev–Trinajstić information content (AvgIpc) is 3.29. The molecule has 1 fully saturated rings. The van der Waals surface area contributed by atoms with Crippen LogP contribution in [0.5, 0.6) is 0 Å². The summed E-state index contributed by atoms with van der Waals surface area (Å²) in [6.45, 7) is 0. The highest BCUT2D eigenvalue weighted by atomic mass is 35.5. The quantitative estimate of drug-likeness (QED) is 0.207. The number of halogens is 4. The monoisotopic (exact) mass is 522 g/mol. The Bertz CT molecular complexity index is 1530. The zero-order chi connectivity index (χ0) is 26.2. The lowest BCUT2D eigenvalue weighted by atomic mass is 9.73. The maximum absolute atomic E-state index is 13.4. The normalized spacial score (nSPS) is 15.1. The van der Waals surface area contributed by atoms with E-state index in [9.17, 15) is 18.0 Å². The van der Waals surface area contributed by atoms with Gasteiger partial charge in [0, 0.05) is 29.7 Å². The fourth-order valence-electron chi connectivity index (χ4n) is 4.64. The van der Waals surface area contributed by atoms with Crippen LogP contribution in [0.3, 0.4) is 0 Å². The summed E-state index contributed by atoms with van der Waals surface area (Å²) < 4.78 is 42.0. The summed E-state index contributed by atoms with van der Waals surface area (Å²) in [7, 11) is 0. The number of carboxylic acids is 1. The Morgan fingerprint density at radius 3 is 2.41 bits per heavy atom. The van der Waals surface area contributed by atoms with Crippen molar-refractivity contribution < 1.29 is 23.1 Å². The van der Waals surface area contributed by atoms with Gasteiger partial charge in [-0.2, -0.15) is 13.2 Å². The number of allylic oxidation sites excluding steroid dienone is 1. The summed E-state index contributed by atoms with van der Waals surface area (Å²) in [5.74, 6) is -0.906. The molecule has 1 N–H and O–H groups in total. The molecule has 4 aromatic rings. The molecule has 1 aliphatic rings. The van der Waals surface area contributed by atoms with E-state index in [1.807, 2.05) is 53.2 Å². The van der Waals surface area contributed by atoms with Gasteiger partial charge in [0.1, 0.15) is 5.65 Å². The van der Waals surface area contributed by atoms with E-state index in [1.54, 1.807) is 6.20 Å². The van der Waals surface area contributed by atoms with Crippen LogP contribution < -0.4 is 0 Å². The maximum atomic E-state index is 13.4. The molecule has 2 heterocycles. The molecule has 37 heavy (non-hydrogen) atoms. The Hall–Kier alpha value is -3.84. The number of benzene rings is 2. The van der Waals surface area contributed by atoms with Gasteiger partial charge in [0.25, 0.3) is 0 Å². The van der Waals surface area contributed by atoms with E-state index < -0.39 is 17.7 Å². The second-order valence-corrected chi connectivity index (χ2v) is 9.42. The lowest BCUT2D eigenvalue weighted by Crippen LogP contribution is -2.16. The number of pyridine rings is 1. The maximum Gasteiger partial charge on any atom is 0.416 e. The van der Waals surface area contributed by atoms with E-state index in [0.717, 1.165) is 65.4 Å². The standard InChI is InChI=1S/C29H22ClF3N2O2/c30-24-16-22(29(31,32)33)10-11-23(24)28(19-2-1-3-19)27(21-9-12-25-34-14-15-35(25)17-21)20-7-4-18(5-8-20)6-13-26(36)37/h4-17,19H,1-3H2,(H,36,37). The van der Waals surface area contributed by atoms with Gasteiger partial charge in [0.15, 0.2) is 0 Å². The molecule has 0 amide bonds. The lowest BCUT2D eigenvalue weighted by Gasteiger charge is -2.32. The van der Waals surface area contributed by atoms with Crippen LogP contribution >= 0.6 is 11.6 Å². The molecule has 0 unspecified atom stereocenters. The molecule has 8 heteroatoms. The third-order valence-corrected chi connectivity index (χ3v) is 6.98. The number of carboxylic acid groups (broad SMARTS) is 1. The van der Waals surface area contributed by atoms with Crippen molar-refractivity contribution in [2.45, 2.75) is 25.4 Å². The van der Waals surface area contributed by atoms with Gasteiger partial charge in [-0.05, 0) is 82.5 Å². The number of fused-ring (bicyclic) bond motifs is 1. The Labute approximate surface area is 216 Å². The summed E-state index contributed by atoms with van der Waals surface area (Å²) in [5.41, 5.74) is 4.78. The van der Waals surface area contributed by atoms with Gasteiger partial charge in [0.05, 0.1) is 5.56 Å². The van der Waals surface area contributed by atoms with E-state index in [-0.39, 0.29) is 10.9 Å². The van der Waals surface area contributed by atoms with Crippen molar-refractivity contribution in [3.05, 3.63) is 112 Å². The van der Waals surface area contributed by atoms with Gasteiger partial charge in [-0.3, -0.25) is 0 Å². The van der Waals surface area contributed by atoms with Crippen LogP contribution in [0, 0.1) is 5.92 Å². The first-order valence-corrected chi connectivity index (χ1v) is 12.1. The van der Waals surface area contributed by atoms with Crippen LogP contribution in [0.15, 0.2) is 79.3 Å². The molecule has 4 nitrogen and oxygen atoms in total. The molecule has 5 rings (SSSR count). The number of imidazole rings is 1. The Morgan fingerprint density at radius 2 is 1.78 bits per heavy atom. The lowest BCUT2D eigenvalue weighted by molar-refractivity contribution is -0.137. The highest BCUT2D eigenvalue weighted by Crippen LogP contribution is 2.47. The van der Waals surface area contributed by atoms with Crippen LogP contribution in [-0.4, -0.2) is 20.5 Å². The van der Waals surface area contributed by atoms with E-state index in [4.69, 9.17) is 16.7 Å². The number of carbonyl (C=O) groups is 1. The van der Waals surface area contributed by atoms with Crippen LogP contribution in [0.25, 0.3) is 22.9 Å². The summed E-state index contributed by atoms with van der Waals surface area (Å²) in [4.78, 5) is 15.2. The van der Waals surface area contributed by atoms with Crippen LogP contribution in [0.4, 0.5) is 13.2 Å². The van der Waals surface area contributed by atoms with Gasteiger partial charge in [0.2, 0.25) is 0 Å². The fraction of sp³-hybridized carbons (Fsp3) is 0.172. The molecular formula is C29H22ClF3N2O2. The fourth-order valence-corrected chi connectivity index (χ4v) is 4.92. The largest absolute Gasteiger partial charge is 0.478 e. The first-order chi connectivity index (χ1) is 17.7.